The Hall–Kier alpha value is -1.22. The average molecular weight is 251 g/mol. The van der Waals surface area contributed by atoms with E-state index in [0.29, 0.717) is 0 Å². The van der Waals surface area contributed by atoms with E-state index in [2.05, 4.69) is 4.90 Å². The highest BCUT2D eigenvalue weighted by atomic mass is 16.4. The minimum Gasteiger partial charge on any atom is -0.479 e. The van der Waals surface area contributed by atoms with E-state index in [1.165, 1.54) is 0 Å². The molecule has 0 aromatic heterocycles. The van der Waals surface area contributed by atoms with Gasteiger partial charge in [0, 0.05) is 13.1 Å². The molecular formula is C9H17NO7. The predicted octanol–water partition coefficient (Wildman–Crippen LogP) is -2.44. The van der Waals surface area contributed by atoms with Gasteiger partial charge in [0.25, 0.3) is 0 Å². The smallest absolute Gasteiger partial charge is 0.335 e. The van der Waals surface area contributed by atoms with Crippen LogP contribution in [-0.4, -0.2) is 80.8 Å². The normalized spacial score (nSPS) is 23.4. The van der Waals surface area contributed by atoms with Crippen LogP contribution in [0.3, 0.4) is 0 Å². The summed E-state index contributed by atoms with van der Waals surface area (Å²) in [5.74, 6) is -3.54. The molecule has 1 rings (SSSR count). The summed E-state index contributed by atoms with van der Waals surface area (Å²) >= 11 is 0. The van der Waals surface area contributed by atoms with Crippen LogP contribution in [0.5, 0.6) is 0 Å². The van der Waals surface area contributed by atoms with Gasteiger partial charge in [0.1, 0.15) is 0 Å². The summed E-state index contributed by atoms with van der Waals surface area (Å²) in [6.07, 6.45) is -3.63. The highest BCUT2D eigenvalue weighted by molar-refractivity contribution is 5.83. The number of carboxylic acids is 2. The van der Waals surface area contributed by atoms with Gasteiger partial charge in [0.15, 0.2) is 12.2 Å². The fourth-order valence-corrected chi connectivity index (χ4v) is 1.18. The topological polar surface area (TPSA) is 139 Å². The maximum Gasteiger partial charge on any atom is 0.335 e. The molecule has 0 amide bonds. The molecule has 1 heterocycles. The summed E-state index contributed by atoms with van der Waals surface area (Å²) < 4.78 is 0. The Morgan fingerprint density at radius 1 is 1.18 bits per heavy atom. The summed E-state index contributed by atoms with van der Waals surface area (Å²) in [6, 6.07) is 0. The van der Waals surface area contributed by atoms with Gasteiger partial charge in [-0.05, 0) is 13.5 Å². The Morgan fingerprint density at radius 3 is 1.71 bits per heavy atom. The molecule has 5 N–H and O–H groups in total. The standard InChI is InChI=1S/C5H11NO.C4H6O6/c1-6-3-2-5(7)4-6;5-1(3(7)8)2(6)4(9)10/h5,7H,2-4H2,1H3;1-2,5-6H,(H,7,8)(H,9,10)/t5-;/m1./s1. The van der Waals surface area contributed by atoms with E-state index >= 15 is 0 Å². The van der Waals surface area contributed by atoms with Crippen molar-refractivity contribution in [3.63, 3.8) is 0 Å². The lowest BCUT2D eigenvalue weighted by Gasteiger charge is -2.07. The maximum atomic E-state index is 9.77. The van der Waals surface area contributed by atoms with Gasteiger partial charge < -0.3 is 30.4 Å². The third-order valence-corrected chi connectivity index (χ3v) is 2.17. The number of carboxylic acid groups (broad SMARTS) is 2. The largest absolute Gasteiger partial charge is 0.479 e. The van der Waals surface area contributed by atoms with E-state index in [1.807, 2.05) is 7.05 Å². The first-order chi connectivity index (χ1) is 7.75. The first-order valence-electron chi connectivity index (χ1n) is 4.94. The second-order valence-electron chi connectivity index (χ2n) is 3.77. The molecule has 17 heavy (non-hydrogen) atoms. The van der Waals surface area contributed by atoms with E-state index in [4.69, 9.17) is 25.5 Å². The first kappa shape index (κ1) is 15.8. The van der Waals surface area contributed by atoms with E-state index < -0.39 is 24.1 Å². The van der Waals surface area contributed by atoms with Gasteiger partial charge in [-0.2, -0.15) is 0 Å². The second kappa shape index (κ2) is 7.17. The van der Waals surface area contributed by atoms with Gasteiger partial charge in [0.05, 0.1) is 6.10 Å². The van der Waals surface area contributed by atoms with Crippen LogP contribution in [0.25, 0.3) is 0 Å². The molecule has 0 aliphatic carbocycles. The summed E-state index contributed by atoms with van der Waals surface area (Å²) in [5.41, 5.74) is 0. The van der Waals surface area contributed by atoms with E-state index in [0.717, 1.165) is 19.5 Å². The molecule has 8 nitrogen and oxygen atoms in total. The van der Waals surface area contributed by atoms with Crippen molar-refractivity contribution in [1.29, 1.82) is 0 Å². The molecule has 0 aromatic carbocycles. The van der Waals surface area contributed by atoms with Gasteiger partial charge in [0.2, 0.25) is 0 Å². The van der Waals surface area contributed by atoms with Crippen molar-refractivity contribution < 1.29 is 35.1 Å². The zero-order chi connectivity index (χ0) is 13.6. The van der Waals surface area contributed by atoms with Gasteiger partial charge in [-0.1, -0.05) is 0 Å². The number of hydrogen-bond donors (Lipinski definition) is 5. The molecule has 0 radical (unpaired) electrons. The molecule has 0 spiro atoms. The Kier molecular flexibility index (Phi) is 6.66. The van der Waals surface area contributed by atoms with Crippen molar-refractivity contribution in [1.82, 2.24) is 4.90 Å². The molecule has 1 aliphatic heterocycles. The van der Waals surface area contributed by atoms with Gasteiger partial charge >= 0.3 is 11.9 Å². The zero-order valence-corrected chi connectivity index (χ0v) is 9.35. The Bertz CT molecular complexity index is 244. The molecule has 1 fully saturated rings. The zero-order valence-electron chi connectivity index (χ0n) is 9.35. The fourth-order valence-electron chi connectivity index (χ4n) is 1.18. The number of carbonyl (C=O) groups is 2. The molecule has 0 aromatic rings. The van der Waals surface area contributed by atoms with Crippen LogP contribution in [0.15, 0.2) is 0 Å². The summed E-state index contributed by atoms with van der Waals surface area (Å²) in [7, 11) is 2.02. The van der Waals surface area contributed by atoms with Gasteiger partial charge in [-0.25, -0.2) is 9.59 Å². The molecular weight excluding hydrogens is 234 g/mol. The van der Waals surface area contributed by atoms with E-state index in [1.54, 1.807) is 0 Å². The quantitative estimate of drug-likeness (QED) is 0.373. The number of likely N-dealkylation sites (tertiary alicyclic amines) is 1. The van der Waals surface area contributed by atoms with Crippen LogP contribution < -0.4 is 0 Å². The molecule has 0 saturated carbocycles. The number of likely N-dealkylation sites (N-methyl/N-ethyl adjacent to an activating group) is 1. The van der Waals surface area contributed by atoms with Crippen molar-refractivity contribution in [2.75, 3.05) is 20.1 Å². The summed E-state index contributed by atoms with van der Waals surface area (Å²) in [6.45, 7) is 1.92. The lowest BCUT2D eigenvalue weighted by atomic mass is 10.2. The van der Waals surface area contributed by atoms with Gasteiger partial charge in [-0.15, -0.1) is 0 Å². The number of aliphatic hydroxyl groups excluding tert-OH is 3. The number of aliphatic carboxylic acids is 2. The number of rotatable bonds is 3. The molecule has 8 heteroatoms. The van der Waals surface area contributed by atoms with Crippen molar-refractivity contribution in [2.24, 2.45) is 0 Å². The lowest BCUT2D eigenvalue weighted by molar-refractivity contribution is -0.165. The highest BCUT2D eigenvalue weighted by Crippen LogP contribution is 2.03. The minimum atomic E-state index is -2.27. The first-order valence-corrected chi connectivity index (χ1v) is 4.94. The predicted molar refractivity (Wildman–Crippen MR) is 55.4 cm³/mol. The Labute approximate surface area is 97.7 Å². The van der Waals surface area contributed by atoms with Crippen molar-refractivity contribution in [3.8, 4) is 0 Å². The monoisotopic (exact) mass is 251 g/mol. The minimum absolute atomic E-state index is 0.0509. The molecule has 3 atom stereocenters. The molecule has 2 unspecified atom stereocenters. The van der Waals surface area contributed by atoms with Crippen LogP contribution in [0.4, 0.5) is 0 Å². The van der Waals surface area contributed by atoms with Crippen molar-refractivity contribution >= 4 is 11.9 Å². The van der Waals surface area contributed by atoms with Crippen LogP contribution in [0.1, 0.15) is 6.42 Å². The third kappa shape index (κ3) is 6.17. The number of hydrogen-bond acceptors (Lipinski definition) is 6. The highest BCUT2D eigenvalue weighted by Gasteiger charge is 2.29. The van der Waals surface area contributed by atoms with E-state index in [9.17, 15) is 9.59 Å². The second-order valence-corrected chi connectivity index (χ2v) is 3.77. The molecule has 1 aliphatic rings. The fraction of sp³-hybridized carbons (Fsp3) is 0.778. The van der Waals surface area contributed by atoms with Crippen LogP contribution in [-0.2, 0) is 9.59 Å². The van der Waals surface area contributed by atoms with Gasteiger partial charge in [-0.3, -0.25) is 0 Å². The van der Waals surface area contributed by atoms with Crippen LogP contribution in [0.2, 0.25) is 0 Å². The van der Waals surface area contributed by atoms with Crippen molar-refractivity contribution in [2.45, 2.75) is 24.7 Å². The summed E-state index contributed by atoms with van der Waals surface area (Å²) in [4.78, 5) is 21.7. The molecule has 100 valence electrons. The van der Waals surface area contributed by atoms with Crippen LogP contribution >= 0.6 is 0 Å². The number of β-amino-alcohol motifs (C(OH)–C–C–N with tert-alkyl or cyclic N) is 1. The number of nitrogens with zero attached hydrogens (tertiary/aromatic N) is 1. The Balaban J connectivity index is 0.000000318. The summed E-state index contributed by atoms with van der Waals surface area (Å²) in [5, 5.41) is 41.4. The van der Waals surface area contributed by atoms with Crippen molar-refractivity contribution in [3.05, 3.63) is 0 Å². The average Bonchev–Trinajstić information content (AvgIpc) is 2.60. The van der Waals surface area contributed by atoms with E-state index in [-0.39, 0.29) is 6.10 Å². The maximum absolute atomic E-state index is 9.77. The SMILES string of the molecule is CN1CC[C@@H](O)C1.O=C(O)C(O)C(O)C(=O)O. The molecule has 1 saturated heterocycles. The Morgan fingerprint density at radius 2 is 1.59 bits per heavy atom. The lowest BCUT2D eigenvalue weighted by Crippen LogP contribution is -2.39. The molecule has 0 bridgehead atoms. The third-order valence-electron chi connectivity index (χ3n) is 2.17. The van der Waals surface area contributed by atoms with Crippen LogP contribution in [0, 0.1) is 0 Å². The number of aliphatic hydroxyl groups is 3.